The fraction of sp³-hybridized carbons (Fsp3) is 0. The van der Waals surface area contributed by atoms with Crippen LogP contribution in [0.1, 0.15) is 0 Å². The molecule has 0 saturated heterocycles. The topological polar surface area (TPSA) is 20.2 Å². The van der Waals surface area contributed by atoms with E-state index in [2.05, 4.69) is 11.1 Å². The van der Waals surface area contributed by atoms with Gasteiger partial charge in [-0.15, -0.1) is 12.8 Å². The fourth-order valence-corrected chi connectivity index (χ4v) is 1.98. The Morgan fingerprint density at radius 3 is 2.00 bits per heavy atom. The van der Waals surface area contributed by atoms with Gasteiger partial charge in [0, 0.05) is 0 Å². The van der Waals surface area contributed by atoms with Crippen LogP contribution in [0.3, 0.4) is 0 Å². The summed E-state index contributed by atoms with van der Waals surface area (Å²) in [5, 5.41) is 0.690. The molecule has 0 aliphatic carbocycles. The molecule has 1 N–H and O–H groups in total. The number of hydrogen-bond donors (Lipinski definition) is 1. The van der Waals surface area contributed by atoms with E-state index < -0.39 is 8.32 Å². The van der Waals surface area contributed by atoms with Crippen LogP contribution in [-0.2, 0) is 0 Å². The molecule has 1 aromatic rings. The van der Waals surface area contributed by atoms with Gasteiger partial charge in [-0.1, -0.05) is 41.4 Å². The normalized spacial score (nSPS) is 9.92. The van der Waals surface area contributed by atoms with Crippen molar-refractivity contribution in [1.82, 2.24) is 0 Å². The van der Waals surface area contributed by atoms with Crippen molar-refractivity contribution in [3.8, 4) is 23.9 Å². The maximum absolute atomic E-state index is 9.77. The van der Waals surface area contributed by atoms with Gasteiger partial charge in [0.2, 0.25) is 0 Å². The highest BCUT2D eigenvalue weighted by molar-refractivity contribution is 6.98. The predicted octanol–water partition coefficient (Wildman–Crippen LogP) is 0.176. The molecule has 0 aromatic heterocycles. The molecular formula is C10H8OSi. The zero-order valence-electron chi connectivity index (χ0n) is 6.49. The Labute approximate surface area is 73.2 Å². The van der Waals surface area contributed by atoms with Crippen LogP contribution in [0.4, 0.5) is 0 Å². The van der Waals surface area contributed by atoms with Gasteiger partial charge in [0.05, 0.1) is 0 Å². The lowest BCUT2D eigenvalue weighted by Crippen LogP contribution is -2.45. The van der Waals surface area contributed by atoms with Crippen molar-refractivity contribution >= 4 is 13.5 Å². The molecule has 0 atom stereocenters. The largest absolute Gasteiger partial charge is 0.410 e. The highest BCUT2D eigenvalue weighted by atomic mass is 28.4. The van der Waals surface area contributed by atoms with Crippen LogP contribution < -0.4 is 5.19 Å². The van der Waals surface area contributed by atoms with Crippen LogP contribution in [0.25, 0.3) is 0 Å². The van der Waals surface area contributed by atoms with E-state index >= 15 is 0 Å². The summed E-state index contributed by atoms with van der Waals surface area (Å²) in [5.74, 6) is 0. The zero-order valence-corrected chi connectivity index (χ0v) is 7.49. The van der Waals surface area contributed by atoms with Crippen LogP contribution in [0.15, 0.2) is 30.3 Å². The number of benzene rings is 1. The van der Waals surface area contributed by atoms with Gasteiger partial charge in [-0.2, -0.15) is 0 Å². The Morgan fingerprint density at radius 2 is 1.58 bits per heavy atom. The minimum absolute atomic E-state index is 0.690. The summed E-state index contributed by atoms with van der Waals surface area (Å²) in [6, 6.07) is 8.98. The first-order chi connectivity index (χ1) is 5.73. The molecule has 0 heterocycles. The van der Waals surface area contributed by atoms with Crippen molar-refractivity contribution in [2.45, 2.75) is 0 Å². The molecule has 0 unspecified atom stereocenters. The second kappa shape index (κ2) is 3.28. The smallest absolute Gasteiger partial charge is 0.383 e. The van der Waals surface area contributed by atoms with Gasteiger partial charge in [-0.3, -0.25) is 0 Å². The van der Waals surface area contributed by atoms with Crippen LogP contribution in [0, 0.1) is 23.9 Å². The highest BCUT2D eigenvalue weighted by Gasteiger charge is 2.28. The third-order valence-electron chi connectivity index (χ3n) is 1.61. The van der Waals surface area contributed by atoms with Crippen molar-refractivity contribution in [2.75, 3.05) is 0 Å². The fourth-order valence-electron chi connectivity index (χ4n) is 0.888. The summed E-state index contributed by atoms with van der Waals surface area (Å²) in [5.41, 5.74) is 4.61. The lowest BCUT2D eigenvalue weighted by molar-refractivity contribution is 0.586. The first-order valence-corrected chi connectivity index (χ1v) is 5.41. The Hall–Kier alpha value is -1.48. The van der Waals surface area contributed by atoms with E-state index in [-0.39, 0.29) is 0 Å². The lowest BCUT2D eigenvalue weighted by Gasteiger charge is -2.10. The van der Waals surface area contributed by atoms with Crippen LogP contribution in [0.2, 0.25) is 0 Å². The second-order valence-electron chi connectivity index (χ2n) is 2.37. The number of hydrogen-bond acceptors (Lipinski definition) is 1. The van der Waals surface area contributed by atoms with Crippen molar-refractivity contribution in [2.24, 2.45) is 0 Å². The molecule has 0 amide bonds. The van der Waals surface area contributed by atoms with Gasteiger partial charge in [-0.05, 0) is 5.19 Å². The monoisotopic (exact) mass is 172 g/mol. The molecule has 0 radical (unpaired) electrons. The average molecular weight is 172 g/mol. The molecule has 0 spiro atoms. The maximum atomic E-state index is 9.77. The highest BCUT2D eigenvalue weighted by Crippen LogP contribution is 1.95. The van der Waals surface area contributed by atoms with Crippen LogP contribution in [-0.4, -0.2) is 13.1 Å². The molecule has 0 aliphatic heterocycles. The van der Waals surface area contributed by atoms with Gasteiger partial charge >= 0.3 is 8.32 Å². The van der Waals surface area contributed by atoms with E-state index in [1.54, 1.807) is 12.1 Å². The van der Waals surface area contributed by atoms with Crippen LogP contribution >= 0.6 is 0 Å². The van der Waals surface area contributed by atoms with Gasteiger partial charge in [-0.25, -0.2) is 0 Å². The quantitative estimate of drug-likeness (QED) is 0.473. The third kappa shape index (κ3) is 1.40. The van der Waals surface area contributed by atoms with Crippen molar-refractivity contribution in [3.05, 3.63) is 30.3 Å². The summed E-state index contributed by atoms with van der Waals surface area (Å²) in [7, 11) is -3.02. The molecule has 0 saturated carbocycles. The SMILES string of the molecule is C#C[Si](O)(C#C)c1ccccc1. The predicted molar refractivity (Wildman–Crippen MR) is 51.7 cm³/mol. The van der Waals surface area contributed by atoms with Gasteiger partial charge in [0.15, 0.2) is 0 Å². The molecule has 0 fully saturated rings. The lowest BCUT2D eigenvalue weighted by atomic mass is 10.4. The Kier molecular flexibility index (Phi) is 2.35. The Bertz CT molecular complexity index is 328. The molecule has 58 valence electrons. The number of terminal acetylenes is 2. The van der Waals surface area contributed by atoms with Crippen molar-refractivity contribution < 1.29 is 4.80 Å². The minimum atomic E-state index is -3.02. The molecule has 1 aromatic carbocycles. The molecule has 1 nitrogen and oxygen atoms in total. The zero-order chi connectivity index (χ0) is 9.03. The summed E-state index contributed by atoms with van der Waals surface area (Å²) in [6.07, 6.45) is 10.3. The van der Waals surface area contributed by atoms with Crippen LogP contribution in [0.5, 0.6) is 0 Å². The van der Waals surface area contributed by atoms with Gasteiger partial charge < -0.3 is 4.80 Å². The van der Waals surface area contributed by atoms with E-state index in [1.165, 1.54) is 0 Å². The molecule has 0 bridgehead atoms. The Morgan fingerprint density at radius 1 is 1.08 bits per heavy atom. The Balaban J connectivity index is 3.17. The summed E-state index contributed by atoms with van der Waals surface area (Å²) in [4.78, 5) is 9.77. The van der Waals surface area contributed by atoms with Gasteiger partial charge in [0.1, 0.15) is 0 Å². The second-order valence-corrected chi connectivity index (χ2v) is 4.94. The minimum Gasteiger partial charge on any atom is -0.410 e. The molecule has 0 aliphatic rings. The van der Waals surface area contributed by atoms with Gasteiger partial charge in [0.25, 0.3) is 0 Å². The van der Waals surface area contributed by atoms with E-state index in [9.17, 15) is 4.80 Å². The summed E-state index contributed by atoms with van der Waals surface area (Å²) >= 11 is 0. The van der Waals surface area contributed by atoms with Crippen molar-refractivity contribution in [3.63, 3.8) is 0 Å². The molecule has 12 heavy (non-hydrogen) atoms. The molecular weight excluding hydrogens is 164 g/mol. The van der Waals surface area contributed by atoms with E-state index in [4.69, 9.17) is 12.8 Å². The standard InChI is InChI=1S/C10H8OSi/c1-3-12(11,4-2)10-8-6-5-7-9-10/h1-2,5-9,11H. The van der Waals surface area contributed by atoms with E-state index in [1.807, 2.05) is 18.2 Å². The van der Waals surface area contributed by atoms with E-state index in [0.29, 0.717) is 5.19 Å². The third-order valence-corrected chi connectivity index (χ3v) is 3.61. The average Bonchev–Trinajstić information content (AvgIpc) is 2.18. The first kappa shape index (κ1) is 8.61. The summed E-state index contributed by atoms with van der Waals surface area (Å²) in [6.45, 7) is 0. The summed E-state index contributed by atoms with van der Waals surface area (Å²) < 4.78 is 0. The number of rotatable bonds is 1. The maximum Gasteiger partial charge on any atom is 0.383 e. The van der Waals surface area contributed by atoms with E-state index in [0.717, 1.165) is 0 Å². The molecule has 2 heteroatoms. The molecule has 1 rings (SSSR count). The van der Waals surface area contributed by atoms with Crippen molar-refractivity contribution in [1.29, 1.82) is 0 Å². The first-order valence-electron chi connectivity index (χ1n) is 3.46.